The van der Waals surface area contributed by atoms with Crippen molar-refractivity contribution in [3.05, 3.63) is 286 Å². The van der Waals surface area contributed by atoms with E-state index in [1.54, 1.807) is 0 Å². The highest BCUT2D eigenvalue weighted by Gasteiger charge is 2.50. The molecule has 0 fully saturated rings. The summed E-state index contributed by atoms with van der Waals surface area (Å²) in [4.78, 5) is 0. The Morgan fingerprint density at radius 3 is 0.839 bits per heavy atom. The van der Waals surface area contributed by atoms with Gasteiger partial charge >= 0.3 is 0 Å². The predicted octanol–water partition coefficient (Wildman–Crippen LogP) is 20.7. The third-order valence-corrected chi connectivity index (χ3v) is 29.8. The highest BCUT2D eigenvalue weighted by molar-refractivity contribution is 8.01. The Morgan fingerprint density at radius 2 is 0.483 bits per heavy atom. The molecule has 0 atom stereocenters. The number of anilines is 8. The Hall–Kier alpha value is -12.3. The number of nitrogens with one attached hydrogen (secondary N) is 1. The minimum atomic E-state index is -0.208. The third-order valence-electron chi connectivity index (χ3n) is 27.5. The van der Waals surface area contributed by atoms with Crippen molar-refractivity contribution < 1.29 is 0 Å². The molecule has 6 aliphatic heterocycles. The number of rotatable bonds is 6. The van der Waals surface area contributed by atoms with Gasteiger partial charge in [0.2, 0.25) is 0 Å². The summed E-state index contributed by atoms with van der Waals surface area (Å²) in [5.41, 5.74) is 52.0. The van der Waals surface area contributed by atoms with Gasteiger partial charge < -0.3 is 28.2 Å². The maximum Gasteiger partial charge on any atom is 0.252 e. The van der Waals surface area contributed by atoms with Crippen molar-refractivity contribution in [2.45, 2.75) is 69.2 Å². The van der Waals surface area contributed by atoms with E-state index in [1.807, 2.05) is 35.8 Å². The summed E-state index contributed by atoms with van der Waals surface area (Å²) >= 11 is 5.46. The number of hydrogen-bond donors (Lipinski definition) is 1. The topological polar surface area (TPSA) is 46.4 Å². The second kappa shape index (κ2) is 23.6. The van der Waals surface area contributed by atoms with E-state index < -0.39 is 0 Å². The average Bonchev–Trinajstić information content (AvgIpc) is 1.17. The lowest BCUT2D eigenvalue weighted by atomic mass is 9.29. The molecular weight excluding hydrogens is 1490 g/mol. The van der Waals surface area contributed by atoms with Crippen LogP contribution in [0.25, 0.3) is 137 Å². The lowest BCUT2D eigenvalue weighted by Crippen LogP contribution is -2.66. The van der Waals surface area contributed by atoms with Gasteiger partial charge in [-0.1, -0.05) is 128 Å². The molecule has 0 spiro atoms. The van der Waals surface area contributed by atoms with Gasteiger partial charge in [-0.3, -0.25) is 12.9 Å². The molecule has 1 N–H and O–H groups in total. The maximum atomic E-state index is 4.38. The second-order valence-electron chi connectivity index (χ2n) is 34.9. The van der Waals surface area contributed by atoms with Gasteiger partial charge in [0.05, 0.1) is 78.3 Å². The third kappa shape index (κ3) is 8.75. The molecule has 9 nitrogen and oxygen atoms in total. The smallest absolute Gasteiger partial charge is 0.252 e. The number of aryl methyl sites for hydroxylation is 10. The van der Waals surface area contributed by atoms with Crippen LogP contribution >= 0.6 is 35.8 Å². The zero-order valence-electron chi connectivity index (χ0n) is 68.0. The van der Waals surface area contributed by atoms with Crippen LogP contribution in [0, 0.1) is 69.2 Å². The quantitative estimate of drug-likeness (QED) is 0.131. The van der Waals surface area contributed by atoms with Crippen LogP contribution in [-0.4, -0.2) is 61.7 Å². The van der Waals surface area contributed by atoms with Crippen molar-refractivity contribution in [1.82, 2.24) is 22.8 Å². The summed E-state index contributed by atoms with van der Waals surface area (Å²) in [6.07, 6.45) is 6.89. The molecule has 0 saturated heterocycles. The molecule has 0 amide bonds. The summed E-state index contributed by atoms with van der Waals surface area (Å²) in [5, 5.41) is 17.2. The summed E-state index contributed by atoms with van der Waals surface area (Å²) in [7, 11) is 0. The Labute approximate surface area is 698 Å². The molecule has 0 unspecified atom stereocenters. The molecule has 11 heterocycles. The van der Waals surface area contributed by atoms with Crippen molar-refractivity contribution in [2.75, 3.05) is 37.0 Å². The lowest BCUT2D eigenvalue weighted by molar-refractivity contribution is 1.13. The Balaban J connectivity index is 0.765. The van der Waals surface area contributed by atoms with Gasteiger partial charge in [-0.05, 0) is 312 Å². The fourth-order valence-electron chi connectivity index (χ4n) is 22.9. The fraction of sp³-hybridized carbons (Fsp3) is 0.126. The van der Waals surface area contributed by atoms with Crippen molar-refractivity contribution >= 4 is 260 Å². The van der Waals surface area contributed by atoms with Crippen molar-refractivity contribution in [3.8, 4) is 28.4 Å². The maximum absolute atomic E-state index is 4.38. The van der Waals surface area contributed by atoms with Gasteiger partial charge in [0.15, 0.2) is 0 Å². The van der Waals surface area contributed by atoms with Gasteiger partial charge in [0.25, 0.3) is 20.1 Å². The minimum Gasteiger partial charge on any atom is -0.356 e. The van der Waals surface area contributed by atoms with Crippen LogP contribution in [0.3, 0.4) is 0 Å². The standard InChI is InChI=1S/C103H78B3N9S3/c1-52-14-22-83-65(30-52)66-31-53(2)15-23-84(66)108(83)62-42-82-99-94(43-62)111-89-28-20-58(7)36-71(89)73-38-60(9)40-79(102(73)111)104(99)75-48-76-91(50-81(75)107-82)113(116-11)97-46-64(110-87-26-18-56(5)34-69(87)70-35-57(6)19-27-88(70)110)47-98-101(97)105(76)77-49-78-93(51-92(77)115(98)118-13)114(117-12)96-45-63(109-85-24-16-54(3)32-67(85)68-33-55(4)17-25-86(68)109)44-95-100(96)106(78)80-41-61(10)39-74-72-37-59(8)21-29-90(72)112(95)103(74)80/h14-51,107H,1-13H3. The Kier molecular flexibility index (Phi) is 13.6. The van der Waals surface area contributed by atoms with E-state index in [-0.39, 0.29) is 20.1 Å². The first-order valence-electron chi connectivity index (χ1n) is 41.3. The van der Waals surface area contributed by atoms with E-state index in [0.29, 0.717) is 0 Å². The van der Waals surface area contributed by atoms with Crippen LogP contribution in [0.2, 0.25) is 0 Å². The SMILES string of the molecule is CSN1c2cc3c(cc2B2c4cc5c(cc4N(SC)c4cc(-n6c7ccc(C)cc7c7cc(C)ccc76)cc1c42)N(SC)c1cc(-n2c4ccc(C)cc4c4cc(C)ccc42)cc2c1B5c1cc(C)cc4c5cc(C)ccc5n-2c14)B1c2c(cc(-n4c5ccc(C)cc5c5cc(C)ccc54)cc2-n2c4ccc(C)cc4c4cc(C)cc1c42)N3. The molecule has 0 saturated carbocycles. The molecule has 5 aromatic heterocycles. The number of hydrogen-bond acceptors (Lipinski definition) is 7. The lowest BCUT2D eigenvalue weighted by Gasteiger charge is -2.45. The zero-order chi connectivity index (χ0) is 79.1. The monoisotopic (exact) mass is 1570 g/mol. The molecular formula is C103H78B3N9S3. The van der Waals surface area contributed by atoms with Crippen LogP contribution in [-0.2, 0) is 0 Å². The van der Waals surface area contributed by atoms with E-state index >= 15 is 0 Å². The molecule has 0 bridgehead atoms. The molecule has 20 aromatic rings. The normalized spacial score (nSPS) is 13.9. The number of fused-ring (bicyclic) bond motifs is 27. The van der Waals surface area contributed by atoms with Gasteiger partial charge in [-0.2, -0.15) is 0 Å². The highest BCUT2D eigenvalue weighted by atomic mass is 32.2. The van der Waals surface area contributed by atoms with Gasteiger partial charge in [0.1, 0.15) is 0 Å². The molecule has 15 heteroatoms. The first-order chi connectivity index (χ1) is 57.4. The van der Waals surface area contributed by atoms with E-state index in [1.165, 1.54) is 259 Å². The van der Waals surface area contributed by atoms with Gasteiger partial charge in [-0.25, -0.2) is 0 Å². The molecule has 15 aromatic carbocycles. The largest absolute Gasteiger partial charge is 0.356 e. The van der Waals surface area contributed by atoms with E-state index in [9.17, 15) is 0 Å². The van der Waals surface area contributed by atoms with Crippen LogP contribution in [0.15, 0.2) is 231 Å². The fourth-order valence-corrected chi connectivity index (χ4v) is 25.0. The van der Waals surface area contributed by atoms with Crippen LogP contribution in [0.1, 0.15) is 55.6 Å². The predicted molar refractivity (Wildman–Crippen MR) is 515 cm³/mol. The van der Waals surface area contributed by atoms with Crippen LogP contribution < -0.4 is 67.4 Å². The zero-order valence-corrected chi connectivity index (χ0v) is 70.4. The molecule has 562 valence electrons. The van der Waals surface area contributed by atoms with Gasteiger partial charge in [0, 0.05) is 123 Å². The summed E-state index contributed by atoms with van der Waals surface area (Å²) in [6, 6.07) is 92.3. The van der Waals surface area contributed by atoms with Gasteiger partial charge in [-0.15, -0.1) is 0 Å². The van der Waals surface area contributed by atoms with Crippen molar-refractivity contribution in [1.29, 1.82) is 0 Å². The molecule has 6 aliphatic rings. The number of nitrogens with zero attached hydrogens (tertiary/aromatic N) is 8. The average molecular weight is 1570 g/mol. The summed E-state index contributed by atoms with van der Waals surface area (Å²) < 4.78 is 20.8. The summed E-state index contributed by atoms with van der Waals surface area (Å²) in [5.74, 6) is 0. The first-order valence-corrected chi connectivity index (χ1v) is 44.8. The minimum absolute atomic E-state index is 0.126. The molecule has 26 rings (SSSR count). The van der Waals surface area contributed by atoms with E-state index in [2.05, 4.69) is 360 Å². The first kappa shape index (κ1) is 67.9. The Bertz CT molecular complexity index is 8010. The Morgan fingerprint density at radius 1 is 0.212 bits per heavy atom. The van der Waals surface area contributed by atoms with Crippen molar-refractivity contribution in [2.24, 2.45) is 0 Å². The van der Waals surface area contributed by atoms with Crippen LogP contribution in [0.5, 0.6) is 0 Å². The molecule has 0 aliphatic carbocycles. The molecule has 118 heavy (non-hydrogen) atoms. The van der Waals surface area contributed by atoms with E-state index in [4.69, 9.17) is 0 Å². The highest BCUT2D eigenvalue weighted by Crippen LogP contribution is 2.51. The second-order valence-corrected chi connectivity index (χ2v) is 37.1. The van der Waals surface area contributed by atoms with E-state index in [0.717, 1.165) is 28.4 Å². The van der Waals surface area contributed by atoms with Crippen molar-refractivity contribution in [3.63, 3.8) is 0 Å². The number of benzene rings is 15. The summed E-state index contributed by atoms with van der Waals surface area (Å²) in [6.45, 7) is 22.0. The molecule has 0 radical (unpaired) electrons. The van der Waals surface area contributed by atoms with Crippen LogP contribution in [0.4, 0.5) is 45.5 Å². The number of aromatic nitrogens is 5.